The van der Waals surface area contributed by atoms with Gasteiger partial charge >= 0.3 is 6.36 Å². The van der Waals surface area contributed by atoms with Crippen LogP contribution in [0.5, 0.6) is 5.75 Å². The van der Waals surface area contributed by atoms with Crippen LogP contribution >= 0.6 is 0 Å². The Morgan fingerprint density at radius 3 is 2.65 bits per heavy atom. The summed E-state index contributed by atoms with van der Waals surface area (Å²) < 4.78 is 43.1. The van der Waals surface area contributed by atoms with E-state index in [9.17, 15) is 13.2 Å². The summed E-state index contributed by atoms with van der Waals surface area (Å²) in [5, 5.41) is 4.05. The molecule has 0 aliphatic carbocycles. The van der Waals surface area contributed by atoms with Crippen LogP contribution in [0.3, 0.4) is 0 Å². The molecule has 0 bridgehead atoms. The monoisotopic (exact) mass is 356 g/mol. The molecule has 5 nitrogen and oxygen atoms in total. The molecule has 0 unspecified atom stereocenters. The first-order chi connectivity index (χ1) is 12.5. The van der Waals surface area contributed by atoms with Crippen molar-refractivity contribution in [3.8, 4) is 28.1 Å². The van der Waals surface area contributed by atoms with Gasteiger partial charge in [-0.15, -0.1) is 13.2 Å². The van der Waals surface area contributed by atoms with Crippen molar-refractivity contribution in [3.63, 3.8) is 0 Å². The van der Waals surface area contributed by atoms with Crippen molar-refractivity contribution in [1.29, 1.82) is 0 Å². The molecule has 0 saturated carbocycles. The molecule has 0 fully saturated rings. The number of aromatic nitrogens is 4. The summed E-state index contributed by atoms with van der Waals surface area (Å²) in [5.74, 6) is -0.292. The number of nitrogens with zero attached hydrogens (tertiary/aromatic N) is 4. The first-order valence-electron chi connectivity index (χ1n) is 7.60. The highest BCUT2D eigenvalue weighted by Gasteiger charge is 2.31. The molecule has 0 spiro atoms. The summed E-state index contributed by atoms with van der Waals surface area (Å²) in [6, 6.07) is 13.0. The highest BCUT2D eigenvalue weighted by atomic mass is 19.4. The van der Waals surface area contributed by atoms with E-state index >= 15 is 0 Å². The quantitative estimate of drug-likeness (QED) is 0.547. The molecule has 8 heteroatoms. The maximum absolute atomic E-state index is 12.5. The lowest BCUT2D eigenvalue weighted by Gasteiger charge is -2.12. The van der Waals surface area contributed by atoms with Crippen molar-refractivity contribution < 1.29 is 17.9 Å². The van der Waals surface area contributed by atoms with E-state index in [1.54, 1.807) is 29.0 Å². The molecule has 0 amide bonds. The lowest BCUT2D eigenvalue weighted by molar-refractivity contribution is -0.274. The summed E-state index contributed by atoms with van der Waals surface area (Å²) in [6.45, 7) is 0. The highest BCUT2D eigenvalue weighted by molar-refractivity contribution is 5.82. The molecule has 0 aliphatic rings. The Bertz CT molecular complexity index is 1080. The Labute approximate surface area is 145 Å². The van der Waals surface area contributed by atoms with Gasteiger partial charge in [0.15, 0.2) is 5.65 Å². The fourth-order valence-electron chi connectivity index (χ4n) is 2.69. The van der Waals surface area contributed by atoms with E-state index in [1.165, 1.54) is 24.5 Å². The van der Waals surface area contributed by atoms with Gasteiger partial charge in [-0.2, -0.15) is 5.10 Å². The number of hydrogen-bond donors (Lipinski definition) is 0. The predicted molar refractivity (Wildman–Crippen MR) is 88.3 cm³/mol. The molecule has 3 heterocycles. The SMILES string of the molecule is FC(F)(F)Oc1cccc(-c2ncccc2-c2ccn3ncnc3c2)c1. The van der Waals surface area contributed by atoms with Gasteiger partial charge in [-0.05, 0) is 35.9 Å². The van der Waals surface area contributed by atoms with Crippen LogP contribution in [-0.2, 0) is 0 Å². The average molecular weight is 356 g/mol. The summed E-state index contributed by atoms with van der Waals surface area (Å²) in [7, 11) is 0. The Morgan fingerprint density at radius 2 is 1.81 bits per heavy atom. The molecular weight excluding hydrogens is 345 g/mol. The van der Waals surface area contributed by atoms with Crippen molar-refractivity contribution in [3.05, 3.63) is 67.3 Å². The van der Waals surface area contributed by atoms with Gasteiger partial charge < -0.3 is 4.74 Å². The van der Waals surface area contributed by atoms with Crippen LogP contribution < -0.4 is 4.74 Å². The van der Waals surface area contributed by atoms with Crippen LogP contribution in [0.25, 0.3) is 28.0 Å². The molecule has 0 saturated heterocycles. The van der Waals surface area contributed by atoms with Crippen LogP contribution in [0, 0.1) is 0 Å². The zero-order chi connectivity index (χ0) is 18.1. The number of hydrogen-bond acceptors (Lipinski definition) is 4. The molecule has 3 aromatic heterocycles. The van der Waals surface area contributed by atoms with Gasteiger partial charge in [-0.25, -0.2) is 9.50 Å². The highest BCUT2D eigenvalue weighted by Crippen LogP contribution is 2.33. The predicted octanol–water partition coefficient (Wildman–Crippen LogP) is 4.36. The van der Waals surface area contributed by atoms with E-state index in [1.807, 2.05) is 18.2 Å². The third-order valence-corrected chi connectivity index (χ3v) is 3.74. The topological polar surface area (TPSA) is 52.3 Å². The van der Waals surface area contributed by atoms with E-state index < -0.39 is 6.36 Å². The molecular formula is C18H11F3N4O. The minimum Gasteiger partial charge on any atom is -0.406 e. The summed E-state index contributed by atoms with van der Waals surface area (Å²) in [5.41, 5.74) is 3.32. The fourth-order valence-corrected chi connectivity index (χ4v) is 2.69. The van der Waals surface area contributed by atoms with E-state index in [-0.39, 0.29) is 5.75 Å². The van der Waals surface area contributed by atoms with Gasteiger partial charge in [0.25, 0.3) is 0 Å². The summed E-state index contributed by atoms with van der Waals surface area (Å²) in [6.07, 6.45) is 0.0505. The summed E-state index contributed by atoms with van der Waals surface area (Å²) >= 11 is 0. The van der Waals surface area contributed by atoms with Crippen LogP contribution in [0.1, 0.15) is 0 Å². The van der Waals surface area contributed by atoms with E-state index in [0.717, 1.165) is 11.1 Å². The van der Waals surface area contributed by atoms with Gasteiger partial charge in [0.1, 0.15) is 12.1 Å². The van der Waals surface area contributed by atoms with Crippen molar-refractivity contribution in [2.45, 2.75) is 6.36 Å². The van der Waals surface area contributed by atoms with Gasteiger partial charge in [0.05, 0.1) is 5.69 Å². The smallest absolute Gasteiger partial charge is 0.406 e. The molecule has 1 aromatic carbocycles. The molecule has 4 aromatic rings. The molecule has 0 radical (unpaired) electrons. The lowest BCUT2D eigenvalue weighted by atomic mass is 10.00. The largest absolute Gasteiger partial charge is 0.573 e. The molecule has 0 N–H and O–H groups in total. The number of alkyl halides is 3. The standard InChI is InChI=1S/C18H11F3N4O/c19-18(20,21)26-14-4-1-3-13(9-14)17-15(5-2-7-22-17)12-6-8-25-16(10-12)23-11-24-25/h1-11H. The first kappa shape index (κ1) is 16.1. The Balaban J connectivity index is 1.80. The van der Waals surface area contributed by atoms with Crippen molar-refractivity contribution in [2.24, 2.45) is 0 Å². The molecule has 4 rings (SSSR count). The van der Waals surface area contributed by atoms with Crippen molar-refractivity contribution in [2.75, 3.05) is 0 Å². The molecule has 26 heavy (non-hydrogen) atoms. The zero-order valence-electron chi connectivity index (χ0n) is 13.2. The summed E-state index contributed by atoms with van der Waals surface area (Å²) in [4.78, 5) is 8.50. The number of ether oxygens (including phenoxy) is 1. The maximum atomic E-state index is 12.5. The minimum atomic E-state index is -4.75. The van der Waals surface area contributed by atoms with Crippen LogP contribution in [-0.4, -0.2) is 25.9 Å². The average Bonchev–Trinajstić information content (AvgIpc) is 3.08. The molecule has 0 aliphatic heterocycles. The third kappa shape index (κ3) is 3.21. The third-order valence-electron chi connectivity index (χ3n) is 3.74. The molecule has 130 valence electrons. The number of halogens is 3. The van der Waals surface area contributed by atoms with Gasteiger partial charge in [-0.1, -0.05) is 18.2 Å². The number of pyridine rings is 2. The normalized spacial score (nSPS) is 11.7. The second-order valence-corrected chi connectivity index (χ2v) is 5.45. The van der Waals surface area contributed by atoms with Crippen LogP contribution in [0.15, 0.2) is 67.3 Å². The van der Waals surface area contributed by atoms with Crippen LogP contribution in [0.2, 0.25) is 0 Å². The Morgan fingerprint density at radius 1 is 0.923 bits per heavy atom. The van der Waals surface area contributed by atoms with Gasteiger partial charge in [-0.3, -0.25) is 4.98 Å². The fraction of sp³-hybridized carbons (Fsp3) is 0.0556. The number of fused-ring (bicyclic) bond motifs is 1. The van der Waals surface area contributed by atoms with Gasteiger partial charge in [0, 0.05) is 23.5 Å². The Kier molecular flexibility index (Phi) is 3.80. The van der Waals surface area contributed by atoms with Crippen LogP contribution in [0.4, 0.5) is 13.2 Å². The van der Waals surface area contributed by atoms with E-state index in [2.05, 4.69) is 19.8 Å². The minimum absolute atomic E-state index is 0.292. The first-order valence-corrected chi connectivity index (χ1v) is 7.60. The van der Waals surface area contributed by atoms with Crippen molar-refractivity contribution in [1.82, 2.24) is 19.6 Å². The van der Waals surface area contributed by atoms with Gasteiger partial charge in [0.2, 0.25) is 0 Å². The number of benzene rings is 1. The second-order valence-electron chi connectivity index (χ2n) is 5.45. The lowest BCUT2D eigenvalue weighted by Crippen LogP contribution is -2.17. The maximum Gasteiger partial charge on any atom is 0.573 e. The van der Waals surface area contributed by atoms with E-state index in [4.69, 9.17) is 0 Å². The van der Waals surface area contributed by atoms with E-state index in [0.29, 0.717) is 16.9 Å². The zero-order valence-corrected chi connectivity index (χ0v) is 13.2. The van der Waals surface area contributed by atoms with Crippen molar-refractivity contribution >= 4 is 5.65 Å². The molecule has 0 atom stereocenters. The number of rotatable bonds is 3. The Hall–Kier alpha value is -3.42. The second kappa shape index (κ2) is 6.14.